The molecule has 2 aliphatic heterocycles. The van der Waals surface area contributed by atoms with Crippen LogP contribution >= 0.6 is 34.5 Å². The van der Waals surface area contributed by atoms with Crippen LogP contribution in [0, 0.1) is 5.41 Å². The summed E-state index contributed by atoms with van der Waals surface area (Å²) in [6, 6.07) is 3.10. The molecule has 0 spiro atoms. The van der Waals surface area contributed by atoms with Crippen molar-refractivity contribution in [1.82, 2.24) is 15.2 Å². The number of thiazole rings is 1. The summed E-state index contributed by atoms with van der Waals surface area (Å²) in [7, 11) is 0. The normalized spacial score (nSPS) is 22.4. The van der Waals surface area contributed by atoms with Crippen LogP contribution in [0.15, 0.2) is 46.0 Å². The zero-order valence-corrected chi connectivity index (χ0v) is 23.8. The molecule has 2 aromatic rings. The summed E-state index contributed by atoms with van der Waals surface area (Å²) in [5.74, 6) is -4.50. The van der Waals surface area contributed by atoms with Crippen LogP contribution in [-0.2, 0) is 14.3 Å². The molecule has 0 saturated carbocycles. The van der Waals surface area contributed by atoms with E-state index in [1.54, 1.807) is 30.6 Å². The number of halogens is 4. The van der Waals surface area contributed by atoms with Gasteiger partial charge < -0.3 is 15.2 Å². The van der Waals surface area contributed by atoms with Gasteiger partial charge >= 0.3 is 11.9 Å². The highest BCUT2D eigenvalue weighted by Gasteiger charge is 2.60. The molecule has 0 radical (unpaired) electrons. The molecule has 1 aromatic heterocycles. The fourth-order valence-corrected chi connectivity index (χ4v) is 6.11. The van der Waals surface area contributed by atoms with Gasteiger partial charge in [-0.15, -0.1) is 11.3 Å². The topological polar surface area (TPSA) is 104 Å². The molecule has 1 fully saturated rings. The van der Waals surface area contributed by atoms with Crippen molar-refractivity contribution in [3.8, 4) is 0 Å². The van der Waals surface area contributed by atoms with E-state index in [1.807, 2.05) is 0 Å². The minimum atomic E-state index is -3.10. The molecule has 0 unspecified atom stereocenters. The molecule has 4 rings (SSSR count). The predicted octanol–water partition coefficient (Wildman–Crippen LogP) is 5.57. The van der Waals surface area contributed by atoms with Crippen molar-refractivity contribution >= 4 is 52.3 Å². The van der Waals surface area contributed by atoms with Gasteiger partial charge in [0.1, 0.15) is 6.04 Å². The molecule has 1 saturated heterocycles. The SMILES string of the molecule is CCOC(=O)C1=C(CN2CC(F)(F)C(C)(C)[C@@H]2CCC(=O)O)NC(c2nccs2)=N[C@H]1c1ccc(Cl)cc1Cl. The van der Waals surface area contributed by atoms with Gasteiger partial charge in [0.15, 0.2) is 10.8 Å². The smallest absolute Gasteiger partial charge is 0.338 e. The lowest BCUT2D eigenvalue weighted by molar-refractivity contribution is -0.139. The second kappa shape index (κ2) is 11.5. The lowest BCUT2D eigenvalue weighted by Gasteiger charge is -2.35. The zero-order valence-electron chi connectivity index (χ0n) is 21.5. The Morgan fingerprint density at radius 3 is 2.67 bits per heavy atom. The Hall–Kier alpha value is -2.60. The van der Waals surface area contributed by atoms with E-state index in [-0.39, 0.29) is 36.6 Å². The summed E-state index contributed by atoms with van der Waals surface area (Å²) < 4.78 is 35.8. The Morgan fingerprint density at radius 2 is 2.05 bits per heavy atom. The van der Waals surface area contributed by atoms with Gasteiger partial charge in [-0.3, -0.25) is 14.7 Å². The van der Waals surface area contributed by atoms with Gasteiger partial charge in [-0.25, -0.2) is 18.6 Å². The molecule has 0 amide bonds. The number of aliphatic imine (C=N–C) groups is 1. The monoisotopic (exact) mass is 600 g/mol. The first-order chi connectivity index (χ1) is 18.4. The minimum Gasteiger partial charge on any atom is -0.481 e. The van der Waals surface area contributed by atoms with Crippen LogP contribution in [0.5, 0.6) is 0 Å². The van der Waals surface area contributed by atoms with Crippen molar-refractivity contribution in [2.75, 3.05) is 19.7 Å². The summed E-state index contributed by atoms with van der Waals surface area (Å²) in [5, 5.41) is 15.4. The number of carboxylic acids is 1. The molecule has 2 atom stereocenters. The number of nitrogens with one attached hydrogen (secondary N) is 1. The van der Waals surface area contributed by atoms with Crippen LogP contribution in [0.4, 0.5) is 8.78 Å². The third-order valence-corrected chi connectivity index (χ3v) is 8.47. The summed E-state index contributed by atoms with van der Waals surface area (Å²) in [6.45, 7) is 3.90. The Morgan fingerprint density at radius 1 is 1.31 bits per heavy atom. The van der Waals surface area contributed by atoms with E-state index in [2.05, 4.69) is 10.3 Å². The van der Waals surface area contributed by atoms with Crippen molar-refractivity contribution in [2.45, 2.75) is 51.6 Å². The van der Waals surface area contributed by atoms with E-state index in [0.717, 1.165) is 0 Å². The molecule has 3 heterocycles. The quantitative estimate of drug-likeness (QED) is 0.363. The van der Waals surface area contributed by atoms with E-state index in [1.165, 1.54) is 36.2 Å². The van der Waals surface area contributed by atoms with Gasteiger partial charge in [-0.2, -0.15) is 0 Å². The number of esters is 1. The van der Waals surface area contributed by atoms with Gasteiger partial charge in [0.2, 0.25) is 0 Å². The summed E-state index contributed by atoms with van der Waals surface area (Å²) in [4.78, 5) is 35.3. The molecule has 39 heavy (non-hydrogen) atoms. The van der Waals surface area contributed by atoms with Gasteiger partial charge in [0.25, 0.3) is 5.92 Å². The Labute approximate surface area is 238 Å². The van der Waals surface area contributed by atoms with Crippen molar-refractivity contribution in [1.29, 1.82) is 0 Å². The molecule has 8 nitrogen and oxygen atoms in total. The van der Waals surface area contributed by atoms with Crippen molar-refractivity contribution in [2.24, 2.45) is 10.4 Å². The van der Waals surface area contributed by atoms with Gasteiger partial charge in [0, 0.05) is 57.3 Å². The summed E-state index contributed by atoms with van der Waals surface area (Å²) >= 11 is 14.0. The van der Waals surface area contributed by atoms with Crippen LogP contribution in [0.2, 0.25) is 10.0 Å². The number of aliphatic carboxylic acids is 1. The molecule has 2 aliphatic rings. The number of rotatable bonds is 9. The average Bonchev–Trinajstić information content (AvgIpc) is 3.43. The third kappa shape index (κ3) is 5.96. The van der Waals surface area contributed by atoms with Gasteiger partial charge in [-0.1, -0.05) is 43.1 Å². The molecule has 210 valence electrons. The number of benzene rings is 1. The number of amidine groups is 1. The first-order valence-electron chi connectivity index (χ1n) is 12.3. The number of carbonyl (C=O) groups is 2. The molecule has 2 N–H and O–H groups in total. The van der Waals surface area contributed by atoms with Crippen LogP contribution in [0.1, 0.15) is 50.2 Å². The zero-order chi connectivity index (χ0) is 28.5. The van der Waals surface area contributed by atoms with Gasteiger partial charge in [-0.05, 0) is 25.5 Å². The van der Waals surface area contributed by atoms with Crippen molar-refractivity contribution < 1.29 is 28.2 Å². The van der Waals surface area contributed by atoms with Crippen molar-refractivity contribution in [3.05, 3.63) is 61.7 Å². The maximum absolute atomic E-state index is 15.2. The van der Waals surface area contributed by atoms with E-state index in [9.17, 15) is 14.7 Å². The lowest BCUT2D eigenvalue weighted by Crippen LogP contribution is -2.44. The summed E-state index contributed by atoms with van der Waals surface area (Å²) in [5.41, 5.74) is -0.607. The number of nitrogens with zero attached hydrogens (tertiary/aromatic N) is 3. The van der Waals surface area contributed by atoms with E-state index in [0.29, 0.717) is 27.1 Å². The Balaban J connectivity index is 1.84. The standard InChI is InChI=1S/C26H28Cl2F2N4O4S/c1-4-38-24(37)20-17(12-34-13-26(29,30)25(2,3)18(34)7-8-19(35)36)32-22(23-31-9-10-39-23)33-21(20)15-6-5-14(27)11-16(15)28/h5-6,9-11,18,21H,4,7-8,12-13H2,1-3H3,(H,32,33)(H,35,36)/t18-,21-/m0/s1. The number of alkyl halides is 2. The minimum absolute atomic E-state index is 0.0137. The molecule has 0 aliphatic carbocycles. The third-order valence-electron chi connectivity index (χ3n) is 7.12. The number of hydrogen-bond donors (Lipinski definition) is 2. The maximum atomic E-state index is 15.2. The van der Waals surface area contributed by atoms with E-state index in [4.69, 9.17) is 32.9 Å². The predicted molar refractivity (Wildman–Crippen MR) is 146 cm³/mol. The van der Waals surface area contributed by atoms with Crippen LogP contribution < -0.4 is 5.32 Å². The molecule has 0 bridgehead atoms. The Kier molecular flexibility index (Phi) is 8.65. The number of aromatic nitrogens is 1. The van der Waals surface area contributed by atoms with Crippen LogP contribution in [-0.4, -0.2) is 64.4 Å². The Bertz CT molecular complexity index is 1320. The first kappa shape index (κ1) is 29.4. The highest BCUT2D eigenvalue weighted by molar-refractivity contribution is 7.11. The van der Waals surface area contributed by atoms with E-state index < -0.39 is 41.9 Å². The molecular weight excluding hydrogens is 573 g/mol. The second-order valence-electron chi connectivity index (χ2n) is 9.90. The van der Waals surface area contributed by atoms with Crippen LogP contribution in [0.25, 0.3) is 0 Å². The number of likely N-dealkylation sites (tertiary alicyclic amines) is 1. The van der Waals surface area contributed by atoms with Gasteiger partial charge in [0.05, 0.1) is 18.7 Å². The van der Waals surface area contributed by atoms with Crippen molar-refractivity contribution in [3.63, 3.8) is 0 Å². The maximum Gasteiger partial charge on any atom is 0.338 e. The largest absolute Gasteiger partial charge is 0.481 e. The fourth-order valence-electron chi connectivity index (χ4n) is 5.01. The number of ether oxygens (including phenoxy) is 1. The fraction of sp³-hybridized carbons (Fsp3) is 0.462. The van der Waals surface area contributed by atoms with Crippen LogP contribution in [0.3, 0.4) is 0 Å². The molecule has 1 aromatic carbocycles. The highest BCUT2D eigenvalue weighted by atomic mass is 35.5. The first-order valence-corrected chi connectivity index (χ1v) is 13.9. The average molecular weight is 602 g/mol. The summed E-state index contributed by atoms with van der Waals surface area (Å²) in [6.07, 6.45) is 1.34. The molecule has 13 heteroatoms. The highest BCUT2D eigenvalue weighted by Crippen LogP contribution is 2.49. The lowest BCUT2D eigenvalue weighted by atomic mass is 9.79. The van der Waals surface area contributed by atoms with E-state index >= 15 is 8.78 Å². The number of carbonyl (C=O) groups excluding carboxylic acids is 1. The molecular formula is C26H28Cl2F2N4O4S. The second-order valence-corrected chi connectivity index (χ2v) is 11.6. The number of carboxylic acid groups (broad SMARTS) is 1. The number of hydrogen-bond acceptors (Lipinski definition) is 8.